The van der Waals surface area contributed by atoms with Gasteiger partial charge in [-0.3, -0.25) is 4.79 Å². The van der Waals surface area contributed by atoms with Gasteiger partial charge >= 0.3 is 0 Å². The van der Waals surface area contributed by atoms with Gasteiger partial charge in [-0.25, -0.2) is 0 Å². The third-order valence-electron chi connectivity index (χ3n) is 3.45. The smallest absolute Gasteiger partial charge is 0.290 e. The summed E-state index contributed by atoms with van der Waals surface area (Å²) in [7, 11) is 0. The normalized spacial score (nSPS) is 12.8. The first-order valence-corrected chi connectivity index (χ1v) is 6.14. The van der Waals surface area contributed by atoms with Crippen molar-refractivity contribution in [3.05, 3.63) is 52.5 Å². The molecule has 0 unspecified atom stereocenters. The van der Waals surface area contributed by atoms with Crippen molar-refractivity contribution >= 4 is 28.2 Å². The summed E-state index contributed by atoms with van der Waals surface area (Å²) in [5.74, 6) is 0.173. The molecular formula is C15H7ClO3. The average Bonchev–Trinajstić information content (AvgIpc) is 2.75. The highest BCUT2D eigenvalue weighted by Crippen LogP contribution is 2.46. The summed E-state index contributed by atoms with van der Waals surface area (Å²) in [5, 5.41) is 11.3. The molecule has 0 saturated heterocycles. The second kappa shape index (κ2) is 3.39. The van der Waals surface area contributed by atoms with Crippen LogP contribution in [0.4, 0.5) is 0 Å². The number of halogens is 1. The quantitative estimate of drug-likeness (QED) is 0.525. The van der Waals surface area contributed by atoms with Crippen LogP contribution in [0.5, 0.6) is 5.95 Å². The van der Waals surface area contributed by atoms with Crippen molar-refractivity contribution in [3.8, 4) is 17.3 Å². The third-order valence-corrected chi connectivity index (χ3v) is 3.77. The largest absolute Gasteiger partial charge is 0.480 e. The molecule has 0 radical (unpaired) electrons. The van der Waals surface area contributed by atoms with Crippen LogP contribution in [0, 0.1) is 0 Å². The van der Waals surface area contributed by atoms with Crippen LogP contribution < -0.4 is 0 Å². The zero-order chi connectivity index (χ0) is 13.1. The maximum Gasteiger partial charge on any atom is 0.290 e. The van der Waals surface area contributed by atoms with Gasteiger partial charge in [0, 0.05) is 16.5 Å². The zero-order valence-corrected chi connectivity index (χ0v) is 10.4. The third kappa shape index (κ3) is 1.20. The number of carbonyl (C=O) groups excluding carboxylic acids is 1. The first-order chi connectivity index (χ1) is 9.18. The first kappa shape index (κ1) is 10.6. The predicted octanol–water partition coefficient (Wildman–Crippen LogP) is 4.00. The van der Waals surface area contributed by atoms with Crippen LogP contribution in [0.2, 0.25) is 5.02 Å². The fourth-order valence-electron chi connectivity index (χ4n) is 2.62. The molecule has 3 nitrogen and oxygen atoms in total. The molecule has 0 spiro atoms. The van der Waals surface area contributed by atoms with Gasteiger partial charge in [-0.05, 0) is 12.1 Å². The SMILES string of the molecule is O=C1c2ccccc2-c2oc(O)c3ccc(Cl)c1c23. The molecule has 1 heterocycles. The lowest BCUT2D eigenvalue weighted by Gasteiger charge is -2.15. The Balaban J connectivity index is 2.30. The number of carbonyl (C=O) groups is 1. The average molecular weight is 271 g/mol. The van der Waals surface area contributed by atoms with Gasteiger partial charge in [0.25, 0.3) is 5.95 Å². The minimum atomic E-state index is -0.188. The topological polar surface area (TPSA) is 50.4 Å². The van der Waals surface area contributed by atoms with Crippen molar-refractivity contribution in [1.29, 1.82) is 0 Å². The van der Waals surface area contributed by atoms with Gasteiger partial charge in [0.15, 0.2) is 5.78 Å². The van der Waals surface area contributed by atoms with Gasteiger partial charge in [0.2, 0.25) is 0 Å². The Hall–Kier alpha value is -2.26. The molecule has 4 rings (SSSR count). The van der Waals surface area contributed by atoms with Crippen LogP contribution in [-0.4, -0.2) is 10.9 Å². The summed E-state index contributed by atoms with van der Waals surface area (Å²) in [6.45, 7) is 0. The second-order valence-corrected chi connectivity index (χ2v) is 4.86. The number of benzene rings is 2. The van der Waals surface area contributed by atoms with Crippen molar-refractivity contribution in [2.75, 3.05) is 0 Å². The Kier molecular flexibility index (Phi) is 1.90. The van der Waals surface area contributed by atoms with E-state index in [-0.39, 0.29) is 11.7 Å². The van der Waals surface area contributed by atoms with Crippen LogP contribution in [0.25, 0.3) is 22.1 Å². The monoisotopic (exact) mass is 270 g/mol. The van der Waals surface area contributed by atoms with Gasteiger partial charge in [0.1, 0.15) is 5.76 Å². The minimum Gasteiger partial charge on any atom is -0.480 e. The van der Waals surface area contributed by atoms with Crippen molar-refractivity contribution in [1.82, 2.24) is 0 Å². The van der Waals surface area contributed by atoms with E-state index >= 15 is 0 Å². The lowest BCUT2D eigenvalue weighted by molar-refractivity contribution is 0.104. The molecule has 92 valence electrons. The number of rotatable bonds is 0. The van der Waals surface area contributed by atoms with Crippen molar-refractivity contribution < 1.29 is 14.3 Å². The van der Waals surface area contributed by atoms with Crippen molar-refractivity contribution in [2.45, 2.75) is 0 Å². The fourth-order valence-corrected chi connectivity index (χ4v) is 2.86. The Morgan fingerprint density at radius 3 is 2.58 bits per heavy atom. The Labute approximate surface area is 113 Å². The van der Waals surface area contributed by atoms with E-state index in [2.05, 4.69) is 0 Å². The molecule has 1 aliphatic carbocycles. The molecule has 0 amide bonds. The molecule has 19 heavy (non-hydrogen) atoms. The molecule has 2 aromatic carbocycles. The zero-order valence-electron chi connectivity index (χ0n) is 9.61. The molecule has 1 aromatic heterocycles. The molecular weight excluding hydrogens is 264 g/mol. The minimum absolute atomic E-state index is 0.139. The summed E-state index contributed by atoms with van der Waals surface area (Å²) >= 11 is 6.14. The summed E-state index contributed by atoms with van der Waals surface area (Å²) in [4.78, 5) is 12.5. The Morgan fingerprint density at radius 2 is 1.79 bits per heavy atom. The number of fused-ring (bicyclic) bond motifs is 2. The Bertz CT molecular complexity index is 861. The maximum atomic E-state index is 12.5. The fraction of sp³-hybridized carbons (Fsp3) is 0. The molecule has 1 N–H and O–H groups in total. The van der Waals surface area contributed by atoms with Gasteiger partial charge in [0.05, 0.1) is 16.0 Å². The van der Waals surface area contributed by atoms with E-state index in [9.17, 15) is 9.90 Å². The van der Waals surface area contributed by atoms with Crippen LogP contribution in [0.1, 0.15) is 15.9 Å². The number of furan rings is 1. The standard InChI is InChI=1S/C15H7ClO3/c16-10-6-5-9-11-12(10)13(17)7-3-1-2-4-8(7)14(11)19-15(9)18/h1-6,18H. The molecule has 1 aliphatic rings. The van der Waals surface area contributed by atoms with Crippen LogP contribution in [-0.2, 0) is 0 Å². The molecule has 0 aliphatic heterocycles. The lowest BCUT2D eigenvalue weighted by Crippen LogP contribution is -2.09. The highest BCUT2D eigenvalue weighted by Gasteiger charge is 2.31. The summed E-state index contributed by atoms with van der Waals surface area (Å²) in [6, 6.07) is 10.4. The van der Waals surface area contributed by atoms with Crippen LogP contribution in [0.3, 0.4) is 0 Å². The predicted molar refractivity (Wildman–Crippen MR) is 71.8 cm³/mol. The number of hydrogen-bond acceptors (Lipinski definition) is 3. The maximum absolute atomic E-state index is 12.5. The molecule has 4 heteroatoms. The molecule has 0 bridgehead atoms. The number of ketones is 1. The van der Waals surface area contributed by atoms with E-state index in [1.54, 1.807) is 30.3 Å². The lowest BCUT2D eigenvalue weighted by atomic mass is 9.87. The van der Waals surface area contributed by atoms with E-state index in [1.807, 2.05) is 6.07 Å². The molecule has 0 atom stereocenters. The second-order valence-electron chi connectivity index (χ2n) is 4.46. The number of aromatic hydroxyl groups is 1. The van der Waals surface area contributed by atoms with Crippen molar-refractivity contribution in [3.63, 3.8) is 0 Å². The first-order valence-electron chi connectivity index (χ1n) is 5.76. The van der Waals surface area contributed by atoms with Gasteiger partial charge in [-0.15, -0.1) is 0 Å². The van der Waals surface area contributed by atoms with E-state index in [4.69, 9.17) is 16.0 Å². The number of hydrogen-bond donors (Lipinski definition) is 1. The van der Waals surface area contributed by atoms with Crippen LogP contribution in [0.15, 0.2) is 40.8 Å². The van der Waals surface area contributed by atoms with E-state index in [0.717, 1.165) is 0 Å². The van der Waals surface area contributed by atoms with Crippen molar-refractivity contribution in [2.24, 2.45) is 0 Å². The van der Waals surface area contributed by atoms with Crippen LogP contribution >= 0.6 is 11.6 Å². The van der Waals surface area contributed by atoms with E-state index in [1.165, 1.54) is 0 Å². The van der Waals surface area contributed by atoms with Gasteiger partial charge in [-0.1, -0.05) is 35.9 Å². The molecule has 0 fully saturated rings. The van der Waals surface area contributed by atoms with Gasteiger partial charge in [-0.2, -0.15) is 0 Å². The molecule has 0 saturated carbocycles. The molecule has 3 aromatic rings. The summed E-state index contributed by atoms with van der Waals surface area (Å²) < 4.78 is 5.42. The van der Waals surface area contributed by atoms with E-state index < -0.39 is 0 Å². The van der Waals surface area contributed by atoms with Gasteiger partial charge < -0.3 is 9.52 Å². The summed E-state index contributed by atoms with van der Waals surface area (Å²) in [5.41, 5.74) is 1.63. The van der Waals surface area contributed by atoms with E-state index in [0.29, 0.717) is 38.2 Å². The highest BCUT2D eigenvalue weighted by molar-refractivity contribution is 6.39. The highest BCUT2D eigenvalue weighted by atomic mass is 35.5. The Morgan fingerprint density at radius 1 is 1.05 bits per heavy atom. The summed E-state index contributed by atoms with van der Waals surface area (Å²) in [6.07, 6.45) is 0.